The number of carboxylic acids is 1. The van der Waals surface area contributed by atoms with Crippen LogP contribution in [0.25, 0.3) is 0 Å². The van der Waals surface area contributed by atoms with E-state index in [-0.39, 0.29) is 0 Å². The molecule has 0 fully saturated rings. The molecule has 9 heavy (non-hydrogen) atoms. The van der Waals surface area contributed by atoms with Crippen molar-refractivity contribution in [3.8, 4) is 0 Å². The van der Waals surface area contributed by atoms with Crippen LogP contribution in [0.3, 0.4) is 0 Å². The summed E-state index contributed by atoms with van der Waals surface area (Å²) in [6.07, 6.45) is -2.03. The highest BCUT2D eigenvalue weighted by molar-refractivity contribution is 5.78. The van der Waals surface area contributed by atoms with Crippen molar-refractivity contribution >= 4 is 5.97 Å². The van der Waals surface area contributed by atoms with Crippen LogP contribution in [0, 0.1) is 0 Å². The molecule has 1 atom stereocenters. The van der Waals surface area contributed by atoms with Crippen molar-refractivity contribution in [2.45, 2.75) is 18.8 Å². The summed E-state index contributed by atoms with van der Waals surface area (Å²) in [5.41, 5.74) is 2.93. The van der Waals surface area contributed by atoms with Gasteiger partial charge in [-0.05, 0) is 6.92 Å². The van der Waals surface area contributed by atoms with Crippen LogP contribution in [-0.2, 0) is 4.79 Å². The number of carboxylic acid groups (broad SMARTS) is 1. The van der Waals surface area contributed by atoms with Crippen molar-refractivity contribution < 1.29 is 20.1 Å². The summed E-state index contributed by atoms with van der Waals surface area (Å²) in [4.78, 5) is 10.0. The first-order chi connectivity index (χ1) is 3.89. The summed E-state index contributed by atoms with van der Waals surface area (Å²) < 4.78 is 0. The van der Waals surface area contributed by atoms with Gasteiger partial charge in [0, 0.05) is 0 Å². The van der Waals surface area contributed by atoms with Gasteiger partial charge < -0.3 is 21.1 Å². The van der Waals surface area contributed by atoms with E-state index in [0.29, 0.717) is 0 Å². The predicted molar refractivity (Wildman–Crippen MR) is 28.5 cm³/mol. The van der Waals surface area contributed by atoms with E-state index in [1.54, 1.807) is 0 Å². The molecule has 0 aromatic heterocycles. The molecule has 54 valence electrons. The fraction of sp³-hybridized carbons (Fsp3) is 0.750. The maximum atomic E-state index is 10.0. The van der Waals surface area contributed by atoms with Crippen molar-refractivity contribution in [2.75, 3.05) is 0 Å². The summed E-state index contributed by atoms with van der Waals surface area (Å²) in [5, 5.41) is 24.8. The first-order valence-corrected chi connectivity index (χ1v) is 2.27. The molecular formula is C4H9NO4. The molecule has 0 unspecified atom stereocenters. The van der Waals surface area contributed by atoms with E-state index in [1.807, 2.05) is 0 Å². The molecule has 0 rings (SSSR count). The van der Waals surface area contributed by atoms with Crippen LogP contribution < -0.4 is 5.73 Å². The molecule has 0 aromatic rings. The number of aliphatic hydroxyl groups is 2. The zero-order valence-corrected chi connectivity index (χ0v) is 4.90. The molecule has 0 bridgehead atoms. The average Bonchev–Trinajstić information content (AvgIpc) is 1.65. The Hall–Kier alpha value is -0.650. The second-order valence-electron chi connectivity index (χ2n) is 1.96. The molecule has 0 amide bonds. The van der Waals surface area contributed by atoms with Crippen molar-refractivity contribution in [1.82, 2.24) is 0 Å². The zero-order valence-electron chi connectivity index (χ0n) is 4.90. The molecule has 0 aliphatic rings. The van der Waals surface area contributed by atoms with Gasteiger partial charge >= 0.3 is 5.97 Å². The van der Waals surface area contributed by atoms with E-state index in [0.717, 1.165) is 6.92 Å². The average molecular weight is 135 g/mol. The highest BCUT2D eigenvalue weighted by Gasteiger charge is 2.35. The SMILES string of the molecule is C[C@@](N)(C(=O)O)C(O)O. The molecule has 0 saturated carbocycles. The van der Waals surface area contributed by atoms with E-state index in [9.17, 15) is 4.79 Å². The highest BCUT2D eigenvalue weighted by Crippen LogP contribution is 2.02. The lowest BCUT2D eigenvalue weighted by Crippen LogP contribution is -2.54. The van der Waals surface area contributed by atoms with Gasteiger partial charge in [-0.3, -0.25) is 4.79 Å². The number of rotatable bonds is 2. The van der Waals surface area contributed by atoms with Gasteiger partial charge in [0.1, 0.15) is 0 Å². The molecule has 5 heteroatoms. The lowest BCUT2D eigenvalue weighted by molar-refractivity contribution is -0.160. The Morgan fingerprint density at radius 2 is 2.00 bits per heavy atom. The summed E-state index contributed by atoms with van der Waals surface area (Å²) >= 11 is 0. The fourth-order valence-electron chi connectivity index (χ4n) is 0.110. The third-order valence-electron chi connectivity index (χ3n) is 0.997. The van der Waals surface area contributed by atoms with Crippen LogP contribution in [-0.4, -0.2) is 33.1 Å². The monoisotopic (exact) mass is 135 g/mol. The summed E-state index contributed by atoms with van der Waals surface area (Å²) in [6, 6.07) is 0. The minimum absolute atomic E-state index is 1.01. The Kier molecular flexibility index (Phi) is 2.13. The van der Waals surface area contributed by atoms with Gasteiger partial charge in [0.25, 0.3) is 0 Å². The third-order valence-corrected chi connectivity index (χ3v) is 0.997. The maximum Gasteiger partial charge on any atom is 0.328 e. The van der Waals surface area contributed by atoms with E-state index in [4.69, 9.17) is 21.1 Å². The Labute approximate surface area is 51.7 Å². The van der Waals surface area contributed by atoms with Crippen LogP contribution in [0.15, 0.2) is 0 Å². The van der Waals surface area contributed by atoms with E-state index < -0.39 is 17.8 Å². The minimum Gasteiger partial charge on any atom is -0.480 e. The smallest absolute Gasteiger partial charge is 0.328 e. The molecule has 0 heterocycles. The second kappa shape index (κ2) is 2.30. The first-order valence-electron chi connectivity index (χ1n) is 2.27. The molecule has 0 aliphatic carbocycles. The second-order valence-corrected chi connectivity index (χ2v) is 1.96. The normalized spacial score (nSPS) is 17.4. The van der Waals surface area contributed by atoms with E-state index in [2.05, 4.69) is 0 Å². The predicted octanol–water partition coefficient (Wildman–Crippen LogP) is -1.90. The number of aliphatic carboxylic acids is 1. The zero-order chi connectivity index (χ0) is 7.65. The standard InChI is InChI=1S/C4H9NO4/c1-4(5,2(6)7)3(8)9/h2,6-7H,5H2,1H3,(H,8,9)/t4-/m0/s1. The van der Waals surface area contributed by atoms with Crippen LogP contribution in [0.1, 0.15) is 6.92 Å². The van der Waals surface area contributed by atoms with Crippen molar-refractivity contribution in [1.29, 1.82) is 0 Å². The summed E-state index contributed by atoms with van der Waals surface area (Å²) in [7, 11) is 0. The van der Waals surface area contributed by atoms with Crippen LogP contribution in [0.5, 0.6) is 0 Å². The van der Waals surface area contributed by atoms with Gasteiger partial charge in [-0.25, -0.2) is 0 Å². The van der Waals surface area contributed by atoms with Crippen molar-refractivity contribution in [2.24, 2.45) is 5.73 Å². The van der Waals surface area contributed by atoms with Gasteiger partial charge in [0.15, 0.2) is 11.8 Å². The van der Waals surface area contributed by atoms with Gasteiger partial charge in [0.05, 0.1) is 0 Å². The minimum atomic E-state index is -2.03. The highest BCUT2D eigenvalue weighted by atomic mass is 16.5. The first kappa shape index (κ1) is 8.35. The lowest BCUT2D eigenvalue weighted by atomic mass is 10.1. The van der Waals surface area contributed by atoms with Crippen molar-refractivity contribution in [3.05, 3.63) is 0 Å². The summed E-state index contributed by atoms with van der Waals surface area (Å²) in [5.74, 6) is -1.45. The Balaban J connectivity index is 4.19. The number of hydrogen-bond donors (Lipinski definition) is 4. The molecule has 0 aliphatic heterocycles. The molecule has 0 radical (unpaired) electrons. The number of carbonyl (C=O) groups is 1. The lowest BCUT2D eigenvalue weighted by Gasteiger charge is -2.20. The largest absolute Gasteiger partial charge is 0.480 e. The molecule has 0 aromatic carbocycles. The topological polar surface area (TPSA) is 104 Å². The summed E-state index contributed by atoms with van der Waals surface area (Å²) in [6.45, 7) is 1.01. The van der Waals surface area contributed by atoms with E-state index in [1.165, 1.54) is 0 Å². The van der Waals surface area contributed by atoms with E-state index >= 15 is 0 Å². The van der Waals surface area contributed by atoms with Crippen molar-refractivity contribution in [3.63, 3.8) is 0 Å². The van der Waals surface area contributed by atoms with Gasteiger partial charge in [-0.1, -0.05) is 0 Å². The quantitative estimate of drug-likeness (QED) is 0.331. The van der Waals surface area contributed by atoms with Crippen LogP contribution in [0.2, 0.25) is 0 Å². The fourth-order valence-corrected chi connectivity index (χ4v) is 0.110. The Morgan fingerprint density at radius 3 is 2.00 bits per heavy atom. The Bertz CT molecular complexity index is 120. The molecular weight excluding hydrogens is 126 g/mol. The number of aliphatic hydroxyl groups excluding tert-OH is 1. The van der Waals surface area contributed by atoms with Gasteiger partial charge in [-0.2, -0.15) is 0 Å². The molecule has 0 saturated heterocycles. The number of hydrogen-bond acceptors (Lipinski definition) is 4. The van der Waals surface area contributed by atoms with Gasteiger partial charge in [0.2, 0.25) is 0 Å². The Morgan fingerprint density at radius 1 is 1.67 bits per heavy atom. The maximum absolute atomic E-state index is 10.0. The van der Waals surface area contributed by atoms with Crippen LogP contribution in [0.4, 0.5) is 0 Å². The molecule has 5 nitrogen and oxygen atoms in total. The van der Waals surface area contributed by atoms with Crippen LogP contribution >= 0.6 is 0 Å². The third kappa shape index (κ3) is 1.63. The molecule has 0 spiro atoms. The van der Waals surface area contributed by atoms with Gasteiger partial charge in [-0.15, -0.1) is 0 Å². The number of nitrogens with two attached hydrogens (primary N) is 1. The molecule has 5 N–H and O–H groups in total.